The Morgan fingerprint density at radius 2 is 1.62 bits per heavy atom. The van der Waals surface area contributed by atoms with Crippen LogP contribution in [0, 0.1) is 0 Å². The van der Waals surface area contributed by atoms with Gasteiger partial charge < -0.3 is 15.6 Å². The van der Waals surface area contributed by atoms with E-state index < -0.39 is 6.04 Å². The first kappa shape index (κ1) is 24.9. The Bertz CT molecular complexity index is 557. The van der Waals surface area contributed by atoms with E-state index in [1.165, 1.54) is 70.3 Å². The van der Waals surface area contributed by atoms with Gasteiger partial charge in [-0.1, -0.05) is 84.1 Å². The molecule has 1 atom stereocenters. The molecule has 0 aliphatic rings. The predicted octanol–water partition coefficient (Wildman–Crippen LogP) is 4.44. The monoisotopic (exact) mass is 404 g/mol. The number of H-pyrrole nitrogens is 1. The van der Waals surface area contributed by atoms with Crippen molar-refractivity contribution in [1.82, 2.24) is 20.6 Å². The second-order valence-corrected chi connectivity index (χ2v) is 7.73. The van der Waals surface area contributed by atoms with Crippen LogP contribution in [0.1, 0.15) is 89.7 Å². The summed E-state index contributed by atoms with van der Waals surface area (Å²) < 4.78 is 0. The molecule has 1 aromatic heterocycles. The minimum atomic E-state index is -0.627. The molecule has 0 bridgehead atoms. The van der Waals surface area contributed by atoms with Crippen molar-refractivity contribution in [3.63, 3.8) is 0 Å². The predicted molar refractivity (Wildman–Crippen MR) is 119 cm³/mol. The molecule has 0 radical (unpaired) electrons. The summed E-state index contributed by atoms with van der Waals surface area (Å²) in [7, 11) is 0. The molecule has 0 aliphatic carbocycles. The van der Waals surface area contributed by atoms with E-state index in [9.17, 15) is 9.59 Å². The third-order valence-electron chi connectivity index (χ3n) is 5.13. The van der Waals surface area contributed by atoms with Gasteiger partial charge in [0, 0.05) is 24.9 Å². The van der Waals surface area contributed by atoms with Gasteiger partial charge in [-0.2, -0.15) is 0 Å². The van der Waals surface area contributed by atoms with Gasteiger partial charge >= 0.3 is 0 Å². The van der Waals surface area contributed by atoms with Crippen molar-refractivity contribution in [3.8, 4) is 0 Å². The lowest BCUT2D eigenvalue weighted by molar-refractivity contribution is -0.127. The molecule has 1 rings (SSSR count). The second kappa shape index (κ2) is 16.8. The molecule has 0 aromatic carbocycles. The molecule has 1 aromatic rings. The fraction of sp³-hybridized carbons (Fsp3) is 0.696. The summed E-state index contributed by atoms with van der Waals surface area (Å²) in [6.07, 6.45) is 20.3. The molecule has 0 saturated carbocycles. The second-order valence-electron chi connectivity index (χ2n) is 7.73. The maximum Gasteiger partial charge on any atom is 0.244 e. The third kappa shape index (κ3) is 12.9. The molecule has 1 unspecified atom stereocenters. The smallest absolute Gasteiger partial charge is 0.244 e. The van der Waals surface area contributed by atoms with Crippen LogP contribution >= 0.6 is 0 Å². The lowest BCUT2D eigenvalue weighted by atomic mass is 10.1. The molecule has 6 nitrogen and oxygen atoms in total. The van der Waals surface area contributed by atoms with E-state index in [-0.39, 0.29) is 11.8 Å². The number of hydrogen-bond donors (Lipinski definition) is 3. The fourth-order valence-corrected chi connectivity index (χ4v) is 3.36. The van der Waals surface area contributed by atoms with E-state index in [0.29, 0.717) is 13.0 Å². The highest BCUT2D eigenvalue weighted by atomic mass is 16.2. The van der Waals surface area contributed by atoms with Gasteiger partial charge in [0.2, 0.25) is 11.8 Å². The van der Waals surface area contributed by atoms with E-state index in [1.807, 2.05) is 0 Å². The number of carbonyl (C=O) groups is 2. The van der Waals surface area contributed by atoms with Gasteiger partial charge in [0.1, 0.15) is 6.04 Å². The number of carbonyl (C=O) groups excluding carboxylic acids is 2. The average Bonchev–Trinajstić information content (AvgIpc) is 3.23. The minimum Gasteiger partial charge on any atom is -0.354 e. The maximum absolute atomic E-state index is 12.4. The molecule has 1 heterocycles. The molecule has 29 heavy (non-hydrogen) atoms. The van der Waals surface area contributed by atoms with Crippen molar-refractivity contribution < 1.29 is 9.59 Å². The number of nitrogens with zero attached hydrogens (tertiary/aromatic N) is 1. The molecule has 0 spiro atoms. The molecule has 2 amide bonds. The van der Waals surface area contributed by atoms with Crippen molar-refractivity contribution in [3.05, 3.63) is 30.9 Å². The number of rotatable bonds is 18. The van der Waals surface area contributed by atoms with E-state index in [4.69, 9.17) is 0 Å². The average molecular weight is 405 g/mol. The topological polar surface area (TPSA) is 86.9 Å². The zero-order valence-corrected chi connectivity index (χ0v) is 18.2. The highest BCUT2D eigenvalue weighted by Gasteiger charge is 2.20. The first-order valence-electron chi connectivity index (χ1n) is 11.3. The number of unbranched alkanes of at least 4 members (excludes halogenated alkanes) is 11. The summed E-state index contributed by atoms with van der Waals surface area (Å²) in [5.41, 5.74) is 0.805. The summed E-state index contributed by atoms with van der Waals surface area (Å²) >= 11 is 0. The van der Waals surface area contributed by atoms with Crippen molar-refractivity contribution in [2.24, 2.45) is 0 Å². The van der Waals surface area contributed by atoms with E-state index in [1.54, 1.807) is 12.5 Å². The first-order valence-corrected chi connectivity index (χ1v) is 11.3. The highest BCUT2D eigenvalue weighted by Crippen LogP contribution is 2.11. The van der Waals surface area contributed by atoms with Crippen LogP contribution in [0.15, 0.2) is 25.2 Å². The Morgan fingerprint density at radius 3 is 2.14 bits per heavy atom. The molecular weight excluding hydrogens is 364 g/mol. The summed E-state index contributed by atoms with van der Waals surface area (Å²) in [6.45, 7) is 6.34. The molecule has 0 fully saturated rings. The Hall–Kier alpha value is -2.11. The Kier molecular flexibility index (Phi) is 14.4. The molecular formula is C23H40N4O2. The van der Waals surface area contributed by atoms with Crippen molar-refractivity contribution in [2.75, 3.05) is 6.54 Å². The minimum absolute atomic E-state index is 0.169. The zero-order valence-electron chi connectivity index (χ0n) is 18.2. The van der Waals surface area contributed by atoms with Crippen LogP contribution in [0.3, 0.4) is 0 Å². The van der Waals surface area contributed by atoms with Crippen molar-refractivity contribution in [1.29, 1.82) is 0 Å². The Labute approximate surface area is 176 Å². The van der Waals surface area contributed by atoms with E-state index in [0.717, 1.165) is 18.5 Å². The van der Waals surface area contributed by atoms with Crippen LogP contribution in [-0.4, -0.2) is 34.4 Å². The summed E-state index contributed by atoms with van der Waals surface area (Å²) in [5.74, 6) is -0.520. The third-order valence-corrected chi connectivity index (χ3v) is 5.13. The zero-order chi connectivity index (χ0) is 21.2. The number of hydrogen-bond acceptors (Lipinski definition) is 3. The van der Waals surface area contributed by atoms with Gasteiger partial charge in [-0.25, -0.2) is 4.98 Å². The van der Waals surface area contributed by atoms with Gasteiger partial charge in [-0.15, -0.1) is 0 Å². The van der Waals surface area contributed by atoms with Crippen molar-refractivity contribution >= 4 is 11.8 Å². The van der Waals surface area contributed by atoms with Crippen LogP contribution in [0.4, 0.5) is 0 Å². The van der Waals surface area contributed by atoms with E-state index in [2.05, 4.69) is 34.1 Å². The lowest BCUT2D eigenvalue weighted by Crippen LogP contribution is -2.47. The standard InChI is InChI=1S/C23H40N4O2/c1-3-5-6-7-8-9-10-11-12-13-14-15-16-25-23(29)21(27-22(28)4-2)17-20-18-24-19-26-20/h4,18-19,21H,2-3,5-17H2,1H3,(H,24,26)(H,25,29)(H,27,28). The van der Waals surface area contributed by atoms with Crippen LogP contribution in [-0.2, 0) is 16.0 Å². The van der Waals surface area contributed by atoms with Crippen molar-refractivity contribution in [2.45, 2.75) is 96.4 Å². The normalized spacial score (nSPS) is 11.8. The molecule has 3 N–H and O–H groups in total. The molecule has 0 aliphatic heterocycles. The Morgan fingerprint density at radius 1 is 1.03 bits per heavy atom. The first-order chi connectivity index (χ1) is 14.2. The number of nitrogens with one attached hydrogen (secondary N) is 3. The van der Waals surface area contributed by atoms with Gasteiger partial charge in [0.05, 0.1) is 6.33 Å². The SMILES string of the molecule is C=CC(=O)NC(Cc1cnc[nH]1)C(=O)NCCCCCCCCCCCCCC. The van der Waals surface area contributed by atoms with Gasteiger partial charge in [0.25, 0.3) is 0 Å². The maximum atomic E-state index is 12.4. The van der Waals surface area contributed by atoms with E-state index >= 15 is 0 Å². The van der Waals surface area contributed by atoms with Gasteiger partial charge in [-0.05, 0) is 12.5 Å². The fourth-order valence-electron chi connectivity index (χ4n) is 3.36. The number of aromatic amines is 1. The van der Waals surface area contributed by atoms with Crippen LogP contribution in [0.5, 0.6) is 0 Å². The number of aromatic nitrogens is 2. The lowest BCUT2D eigenvalue weighted by Gasteiger charge is -2.17. The van der Waals surface area contributed by atoms with Gasteiger partial charge in [-0.3, -0.25) is 9.59 Å². The summed E-state index contributed by atoms with van der Waals surface area (Å²) in [5, 5.41) is 5.62. The highest BCUT2D eigenvalue weighted by molar-refractivity contribution is 5.92. The summed E-state index contributed by atoms with van der Waals surface area (Å²) in [6, 6.07) is -0.627. The number of imidazole rings is 1. The quantitative estimate of drug-likeness (QED) is 0.250. The van der Waals surface area contributed by atoms with Crippen LogP contribution in [0.25, 0.3) is 0 Å². The molecule has 164 valence electrons. The number of amides is 2. The largest absolute Gasteiger partial charge is 0.354 e. The molecule has 6 heteroatoms. The van der Waals surface area contributed by atoms with Gasteiger partial charge in [0.15, 0.2) is 0 Å². The Balaban J connectivity index is 2.08. The summed E-state index contributed by atoms with van der Waals surface area (Å²) in [4.78, 5) is 31.0. The molecule has 0 saturated heterocycles. The van der Waals surface area contributed by atoms with Crippen LogP contribution < -0.4 is 10.6 Å². The van der Waals surface area contributed by atoms with Crippen LogP contribution in [0.2, 0.25) is 0 Å².